The maximum Gasteiger partial charge on any atom is 0.00587 e. The van der Waals surface area contributed by atoms with Gasteiger partial charge in [0.15, 0.2) is 0 Å². The van der Waals surface area contributed by atoms with E-state index in [4.69, 9.17) is 0 Å². The van der Waals surface area contributed by atoms with Crippen LogP contribution in [0.3, 0.4) is 0 Å². The highest BCUT2D eigenvalue weighted by molar-refractivity contribution is 8.03. The highest BCUT2D eigenvalue weighted by atomic mass is 32.2. The minimum absolute atomic E-state index is 0.578. The molecule has 0 nitrogen and oxygen atoms in total. The predicted molar refractivity (Wildman–Crippen MR) is 78.8 cm³/mol. The van der Waals surface area contributed by atoms with Crippen LogP contribution in [0.4, 0.5) is 0 Å². The molecule has 0 saturated carbocycles. The molecule has 90 valence electrons. The van der Waals surface area contributed by atoms with E-state index in [1.165, 1.54) is 16.1 Å². The third-order valence-corrected chi connectivity index (χ3v) is 4.05. The van der Waals surface area contributed by atoms with Crippen molar-refractivity contribution in [3.05, 3.63) is 46.9 Å². The summed E-state index contributed by atoms with van der Waals surface area (Å²) in [5.74, 6) is 1.69. The summed E-state index contributed by atoms with van der Waals surface area (Å²) in [5.41, 5.74) is 2.59. The van der Waals surface area contributed by atoms with Gasteiger partial charge >= 0.3 is 0 Å². The van der Waals surface area contributed by atoms with Gasteiger partial charge in [-0.3, -0.25) is 0 Å². The fourth-order valence-electron chi connectivity index (χ4n) is 1.10. The predicted octanol–water partition coefficient (Wildman–Crippen LogP) is 5.36. The van der Waals surface area contributed by atoms with Gasteiger partial charge in [0.05, 0.1) is 0 Å². The van der Waals surface area contributed by atoms with Crippen molar-refractivity contribution in [2.45, 2.75) is 34.6 Å². The smallest absolute Gasteiger partial charge is 0.00587 e. The summed E-state index contributed by atoms with van der Waals surface area (Å²) in [6, 6.07) is 0. The highest BCUT2D eigenvalue weighted by Crippen LogP contribution is 2.27. The molecule has 0 fully saturated rings. The van der Waals surface area contributed by atoms with Crippen molar-refractivity contribution in [3.8, 4) is 0 Å². The number of thioether (sulfide) groups is 1. The second kappa shape index (κ2) is 8.46. The average Bonchev–Trinajstić information content (AvgIpc) is 2.26. The Labute approximate surface area is 105 Å². The van der Waals surface area contributed by atoms with E-state index < -0.39 is 0 Å². The summed E-state index contributed by atoms with van der Waals surface area (Å²) in [7, 11) is 0. The van der Waals surface area contributed by atoms with Gasteiger partial charge < -0.3 is 0 Å². The monoisotopic (exact) mass is 236 g/mol. The van der Waals surface area contributed by atoms with Crippen molar-refractivity contribution in [1.29, 1.82) is 0 Å². The van der Waals surface area contributed by atoms with Crippen LogP contribution >= 0.6 is 11.8 Å². The molecule has 0 aliphatic heterocycles. The molecule has 0 heterocycles. The van der Waals surface area contributed by atoms with E-state index in [1.807, 2.05) is 18.7 Å². The van der Waals surface area contributed by atoms with Gasteiger partial charge in [-0.1, -0.05) is 43.4 Å². The van der Waals surface area contributed by atoms with Crippen molar-refractivity contribution >= 4 is 11.8 Å². The van der Waals surface area contributed by atoms with E-state index in [1.54, 1.807) is 0 Å². The summed E-state index contributed by atoms with van der Waals surface area (Å²) in [6.07, 6.45) is 8.48. The fourth-order valence-corrected chi connectivity index (χ4v) is 2.28. The summed E-state index contributed by atoms with van der Waals surface area (Å²) < 4.78 is 0. The lowest BCUT2D eigenvalue weighted by Crippen LogP contribution is -1.99. The Bertz CT molecular complexity index is 305. The normalized spacial score (nSPS) is 15.6. The summed E-state index contributed by atoms with van der Waals surface area (Å²) in [4.78, 5) is 1.37. The molecule has 0 amide bonds. The van der Waals surface area contributed by atoms with Gasteiger partial charge in [-0.15, -0.1) is 11.8 Å². The van der Waals surface area contributed by atoms with Crippen LogP contribution in [0, 0.1) is 5.92 Å². The van der Waals surface area contributed by atoms with E-state index in [0.717, 1.165) is 5.75 Å². The zero-order valence-corrected chi connectivity index (χ0v) is 12.0. The van der Waals surface area contributed by atoms with E-state index in [-0.39, 0.29) is 0 Å². The second-order valence-corrected chi connectivity index (χ2v) is 5.15. The molecule has 16 heavy (non-hydrogen) atoms. The molecule has 0 unspecified atom stereocenters. The highest BCUT2D eigenvalue weighted by Gasteiger charge is 2.05. The molecular weight excluding hydrogens is 212 g/mol. The van der Waals surface area contributed by atoms with Gasteiger partial charge in [-0.2, -0.15) is 0 Å². The minimum Gasteiger partial charge on any atom is -0.126 e. The fraction of sp³-hybridized carbons (Fsp3) is 0.467. The lowest BCUT2D eigenvalue weighted by atomic mass is 10.1. The molecule has 1 atom stereocenters. The molecule has 0 aliphatic rings. The number of allylic oxidation sites excluding steroid dienone is 6. The summed E-state index contributed by atoms with van der Waals surface area (Å²) in [6.45, 7) is 14.6. The minimum atomic E-state index is 0.578. The molecule has 1 heteroatoms. The van der Waals surface area contributed by atoms with Crippen LogP contribution in [0.25, 0.3) is 0 Å². The molecule has 0 aromatic carbocycles. The average molecular weight is 236 g/mol. The first kappa shape index (κ1) is 15.3. The zero-order valence-electron chi connectivity index (χ0n) is 11.2. The maximum absolute atomic E-state index is 3.99. The Morgan fingerprint density at radius 1 is 1.31 bits per heavy atom. The van der Waals surface area contributed by atoms with E-state index >= 15 is 0 Å². The third-order valence-electron chi connectivity index (χ3n) is 2.52. The van der Waals surface area contributed by atoms with Crippen LogP contribution < -0.4 is 0 Å². The Balaban J connectivity index is 4.38. The van der Waals surface area contributed by atoms with Crippen LogP contribution in [-0.2, 0) is 0 Å². The third kappa shape index (κ3) is 6.02. The molecule has 0 bridgehead atoms. The lowest BCUT2D eigenvalue weighted by molar-refractivity contribution is 0.788. The molecule has 0 aliphatic carbocycles. The van der Waals surface area contributed by atoms with E-state index in [9.17, 15) is 0 Å². The molecule has 0 aromatic heterocycles. The van der Waals surface area contributed by atoms with Crippen molar-refractivity contribution in [2.24, 2.45) is 5.92 Å². The van der Waals surface area contributed by atoms with E-state index in [0.29, 0.717) is 5.92 Å². The van der Waals surface area contributed by atoms with Gasteiger partial charge in [-0.05, 0) is 39.2 Å². The SMILES string of the molecule is C=C(C)[C@@H](C)CSC(=C/C)/C(C)=C\C=C/C. The Morgan fingerprint density at radius 2 is 1.94 bits per heavy atom. The molecule has 0 N–H and O–H groups in total. The van der Waals surface area contributed by atoms with Gasteiger partial charge in [-0.25, -0.2) is 0 Å². The standard InChI is InChI=1S/C15H24S/c1-7-9-10-13(5)15(8-2)16-11-14(6)12(3)4/h7-10,14H,3,11H2,1-2,4-6H3/b9-7-,13-10-,15-8+/t14-/m0/s1. The molecular formula is C15H24S. The van der Waals surface area contributed by atoms with Crippen LogP contribution in [0.2, 0.25) is 0 Å². The first-order chi connectivity index (χ1) is 7.52. The molecule has 0 saturated heterocycles. The summed E-state index contributed by atoms with van der Waals surface area (Å²) >= 11 is 1.91. The zero-order chi connectivity index (χ0) is 12.6. The van der Waals surface area contributed by atoms with Crippen molar-refractivity contribution in [3.63, 3.8) is 0 Å². The quantitative estimate of drug-likeness (QED) is 0.442. The lowest BCUT2D eigenvalue weighted by Gasteiger charge is -2.12. The first-order valence-electron chi connectivity index (χ1n) is 5.77. The van der Waals surface area contributed by atoms with Crippen molar-refractivity contribution in [1.82, 2.24) is 0 Å². The number of hydrogen-bond acceptors (Lipinski definition) is 1. The van der Waals surface area contributed by atoms with Crippen molar-refractivity contribution < 1.29 is 0 Å². The molecule has 0 spiro atoms. The number of hydrogen-bond donors (Lipinski definition) is 0. The van der Waals surface area contributed by atoms with Crippen LogP contribution in [-0.4, -0.2) is 5.75 Å². The topological polar surface area (TPSA) is 0 Å². The van der Waals surface area contributed by atoms with Crippen molar-refractivity contribution in [2.75, 3.05) is 5.75 Å². The van der Waals surface area contributed by atoms with E-state index in [2.05, 4.69) is 58.6 Å². The van der Waals surface area contributed by atoms with Crippen LogP contribution in [0.1, 0.15) is 34.6 Å². The van der Waals surface area contributed by atoms with Gasteiger partial charge in [0.25, 0.3) is 0 Å². The van der Waals surface area contributed by atoms with Gasteiger partial charge in [0.2, 0.25) is 0 Å². The van der Waals surface area contributed by atoms with Gasteiger partial charge in [0, 0.05) is 10.7 Å². The van der Waals surface area contributed by atoms with Crippen LogP contribution in [0.15, 0.2) is 46.9 Å². The molecule has 0 aromatic rings. The Morgan fingerprint density at radius 3 is 2.38 bits per heavy atom. The first-order valence-corrected chi connectivity index (χ1v) is 6.75. The second-order valence-electron chi connectivity index (χ2n) is 4.09. The van der Waals surface area contributed by atoms with Crippen LogP contribution in [0.5, 0.6) is 0 Å². The maximum atomic E-state index is 3.99. The van der Waals surface area contributed by atoms with Gasteiger partial charge in [0.1, 0.15) is 0 Å². The molecule has 0 rings (SSSR count). The largest absolute Gasteiger partial charge is 0.126 e. The summed E-state index contributed by atoms with van der Waals surface area (Å²) in [5, 5.41) is 0. The Hall–Kier alpha value is -0.690. The Kier molecular flexibility index (Phi) is 8.10. The molecule has 0 radical (unpaired) electrons. The number of rotatable bonds is 6.